The first-order valence-corrected chi connectivity index (χ1v) is 6.31. The Hall–Kier alpha value is -1.75. The summed E-state index contributed by atoms with van der Waals surface area (Å²) in [4.78, 5) is 12.0. The van der Waals surface area contributed by atoms with Crippen molar-refractivity contribution in [1.82, 2.24) is 0 Å². The fraction of sp³-hybridized carbons (Fsp3) is 0.500. The molecule has 5 nitrogen and oxygen atoms in total. The third-order valence-corrected chi connectivity index (χ3v) is 3.22. The van der Waals surface area contributed by atoms with Gasteiger partial charge in [0.15, 0.2) is 0 Å². The lowest BCUT2D eigenvalue weighted by Crippen LogP contribution is -2.40. The number of benzene rings is 1. The second kappa shape index (κ2) is 6.99. The molecule has 0 aromatic heterocycles. The third-order valence-electron chi connectivity index (χ3n) is 3.22. The van der Waals surface area contributed by atoms with E-state index in [9.17, 15) is 4.79 Å². The first-order chi connectivity index (χ1) is 9.03. The van der Waals surface area contributed by atoms with E-state index in [0.717, 1.165) is 6.42 Å². The Morgan fingerprint density at radius 1 is 1.37 bits per heavy atom. The van der Waals surface area contributed by atoms with Crippen molar-refractivity contribution >= 4 is 11.6 Å². The highest BCUT2D eigenvalue weighted by atomic mass is 16.5. The molecule has 1 aromatic rings. The van der Waals surface area contributed by atoms with E-state index >= 15 is 0 Å². The molecule has 0 radical (unpaired) electrons. The van der Waals surface area contributed by atoms with Crippen molar-refractivity contribution in [2.24, 2.45) is 11.7 Å². The molecule has 0 fully saturated rings. The summed E-state index contributed by atoms with van der Waals surface area (Å²) in [6.07, 6.45) is 0.851. The Balaban J connectivity index is 2.88. The van der Waals surface area contributed by atoms with Crippen molar-refractivity contribution in [2.45, 2.75) is 26.3 Å². The quantitative estimate of drug-likeness (QED) is 0.826. The van der Waals surface area contributed by atoms with Crippen LogP contribution in [0.4, 0.5) is 5.69 Å². The topological polar surface area (TPSA) is 73.6 Å². The minimum absolute atomic E-state index is 0.122. The molecule has 0 aliphatic rings. The van der Waals surface area contributed by atoms with Crippen LogP contribution in [0.2, 0.25) is 0 Å². The van der Waals surface area contributed by atoms with Gasteiger partial charge in [-0.1, -0.05) is 20.3 Å². The molecule has 2 atom stereocenters. The van der Waals surface area contributed by atoms with E-state index in [4.69, 9.17) is 15.2 Å². The second-order valence-electron chi connectivity index (χ2n) is 4.47. The minimum Gasteiger partial charge on any atom is -0.497 e. The summed E-state index contributed by atoms with van der Waals surface area (Å²) >= 11 is 0. The normalized spacial score (nSPS) is 13.5. The van der Waals surface area contributed by atoms with Crippen LogP contribution in [0.5, 0.6) is 11.5 Å². The number of hydrogen-bond acceptors (Lipinski definition) is 4. The van der Waals surface area contributed by atoms with Crippen molar-refractivity contribution in [3.8, 4) is 11.5 Å². The SMILES string of the molecule is CC[C@H](C)[C@H](N)C(=O)Nc1cc(OC)ccc1OC. The average Bonchev–Trinajstić information content (AvgIpc) is 2.45. The van der Waals surface area contributed by atoms with Gasteiger partial charge in [-0.2, -0.15) is 0 Å². The molecular weight excluding hydrogens is 244 g/mol. The Kier molecular flexibility index (Phi) is 5.63. The standard InChI is InChI=1S/C14H22N2O3/c1-5-9(2)13(15)14(17)16-11-8-10(18-3)6-7-12(11)19-4/h6-9,13H,5,15H2,1-4H3,(H,16,17)/t9-,13-/m0/s1. The molecular formula is C14H22N2O3. The Labute approximate surface area is 114 Å². The Bertz CT molecular complexity index is 435. The van der Waals surface area contributed by atoms with Crippen molar-refractivity contribution in [3.05, 3.63) is 18.2 Å². The molecule has 1 amide bonds. The zero-order valence-corrected chi connectivity index (χ0v) is 11.9. The fourth-order valence-corrected chi connectivity index (χ4v) is 1.64. The highest BCUT2D eigenvalue weighted by Crippen LogP contribution is 2.29. The van der Waals surface area contributed by atoms with E-state index in [-0.39, 0.29) is 11.8 Å². The number of hydrogen-bond donors (Lipinski definition) is 2. The summed E-state index contributed by atoms with van der Waals surface area (Å²) in [5.74, 6) is 1.12. The van der Waals surface area contributed by atoms with Crippen molar-refractivity contribution in [1.29, 1.82) is 0 Å². The van der Waals surface area contributed by atoms with E-state index in [1.807, 2.05) is 13.8 Å². The van der Waals surface area contributed by atoms with Gasteiger partial charge in [-0.3, -0.25) is 4.79 Å². The summed E-state index contributed by atoms with van der Waals surface area (Å²) in [5.41, 5.74) is 6.46. The van der Waals surface area contributed by atoms with Crippen LogP contribution >= 0.6 is 0 Å². The molecule has 0 saturated heterocycles. The zero-order chi connectivity index (χ0) is 14.4. The van der Waals surface area contributed by atoms with Gasteiger partial charge in [0, 0.05) is 6.07 Å². The van der Waals surface area contributed by atoms with Crippen LogP contribution in [0.1, 0.15) is 20.3 Å². The van der Waals surface area contributed by atoms with Crippen molar-refractivity contribution in [3.63, 3.8) is 0 Å². The predicted octanol–water partition coefficient (Wildman–Crippen LogP) is 2.02. The summed E-state index contributed by atoms with van der Waals surface area (Å²) in [7, 11) is 3.12. The van der Waals surface area contributed by atoms with Crippen LogP contribution in [0, 0.1) is 5.92 Å². The van der Waals surface area contributed by atoms with Crippen molar-refractivity contribution in [2.75, 3.05) is 19.5 Å². The van der Waals surface area contributed by atoms with E-state index in [1.54, 1.807) is 32.4 Å². The number of methoxy groups -OCH3 is 2. The summed E-state index contributed by atoms with van der Waals surface area (Å²) in [6, 6.07) is 4.67. The smallest absolute Gasteiger partial charge is 0.241 e. The number of amides is 1. The maximum absolute atomic E-state index is 12.0. The lowest BCUT2D eigenvalue weighted by molar-refractivity contribution is -0.118. The first kappa shape index (κ1) is 15.3. The molecule has 0 spiro atoms. The Morgan fingerprint density at radius 2 is 2.05 bits per heavy atom. The van der Waals surface area contributed by atoms with Gasteiger partial charge in [-0.15, -0.1) is 0 Å². The molecule has 1 rings (SSSR count). The Morgan fingerprint density at radius 3 is 2.58 bits per heavy atom. The van der Waals surface area contributed by atoms with E-state index < -0.39 is 6.04 Å². The number of rotatable bonds is 6. The average molecular weight is 266 g/mol. The van der Waals surface area contributed by atoms with Gasteiger partial charge in [0.25, 0.3) is 0 Å². The largest absolute Gasteiger partial charge is 0.497 e. The predicted molar refractivity (Wildman–Crippen MR) is 75.6 cm³/mol. The molecule has 0 saturated carbocycles. The van der Waals surface area contributed by atoms with Gasteiger partial charge in [0.05, 0.1) is 25.9 Å². The van der Waals surface area contributed by atoms with E-state index in [0.29, 0.717) is 17.2 Å². The van der Waals surface area contributed by atoms with Crippen LogP contribution in [0.25, 0.3) is 0 Å². The molecule has 0 heterocycles. The van der Waals surface area contributed by atoms with Crippen LogP contribution in [-0.2, 0) is 4.79 Å². The van der Waals surface area contributed by atoms with Gasteiger partial charge in [-0.25, -0.2) is 0 Å². The lowest BCUT2D eigenvalue weighted by Gasteiger charge is -2.19. The van der Waals surface area contributed by atoms with Gasteiger partial charge in [0.2, 0.25) is 5.91 Å². The van der Waals surface area contributed by atoms with Crippen LogP contribution < -0.4 is 20.5 Å². The number of carbonyl (C=O) groups excluding carboxylic acids is 1. The van der Waals surface area contributed by atoms with Crippen LogP contribution in [0.15, 0.2) is 18.2 Å². The molecule has 106 valence electrons. The van der Waals surface area contributed by atoms with Gasteiger partial charge in [0.1, 0.15) is 11.5 Å². The van der Waals surface area contributed by atoms with Gasteiger partial charge < -0.3 is 20.5 Å². The number of ether oxygens (including phenoxy) is 2. The number of anilines is 1. The van der Waals surface area contributed by atoms with Gasteiger partial charge >= 0.3 is 0 Å². The fourth-order valence-electron chi connectivity index (χ4n) is 1.64. The molecule has 19 heavy (non-hydrogen) atoms. The maximum atomic E-state index is 12.0. The number of nitrogens with one attached hydrogen (secondary N) is 1. The minimum atomic E-state index is -0.541. The third kappa shape index (κ3) is 3.86. The number of nitrogens with two attached hydrogens (primary N) is 1. The maximum Gasteiger partial charge on any atom is 0.241 e. The molecule has 0 aliphatic heterocycles. The van der Waals surface area contributed by atoms with E-state index in [2.05, 4.69) is 5.32 Å². The molecule has 3 N–H and O–H groups in total. The summed E-state index contributed by atoms with van der Waals surface area (Å²) in [6.45, 7) is 3.96. The molecule has 5 heteroatoms. The monoisotopic (exact) mass is 266 g/mol. The molecule has 1 aromatic carbocycles. The van der Waals surface area contributed by atoms with E-state index in [1.165, 1.54) is 0 Å². The van der Waals surface area contributed by atoms with Crippen LogP contribution in [0.3, 0.4) is 0 Å². The highest BCUT2D eigenvalue weighted by Gasteiger charge is 2.20. The summed E-state index contributed by atoms with van der Waals surface area (Å²) in [5, 5.41) is 2.78. The first-order valence-electron chi connectivity index (χ1n) is 6.31. The molecule has 0 unspecified atom stereocenters. The lowest BCUT2D eigenvalue weighted by atomic mass is 9.99. The zero-order valence-electron chi connectivity index (χ0n) is 11.9. The molecule has 0 bridgehead atoms. The highest BCUT2D eigenvalue weighted by molar-refractivity contribution is 5.96. The van der Waals surface area contributed by atoms with Crippen LogP contribution in [-0.4, -0.2) is 26.2 Å². The van der Waals surface area contributed by atoms with Gasteiger partial charge in [-0.05, 0) is 18.1 Å². The second-order valence-corrected chi connectivity index (χ2v) is 4.47. The molecule has 0 aliphatic carbocycles. The summed E-state index contributed by atoms with van der Waals surface area (Å²) < 4.78 is 10.3. The van der Waals surface area contributed by atoms with Crippen molar-refractivity contribution < 1.29 is 14.3 Å². The number of carbonyl (C=O) groups is 1.